The number of rotatable bonds is 4. The standard InChI is InChI=1S/C22H22N2O2/c25-21(23-17-7-3-1-4-8-17)19-15-11-13-16(14-12-15)20(19)22(26)24-18-9-5-2-6-10-18/h1-11,13,15-16,19-20H,12,14H2,(H,23,25)(H,24,26)/t15-,16+,19-,20+. The fourth-order valence-corrected chi connectivity index (χ4v) is 4.20. The minimum atomic E-state index is -0.331. The summed E-state index contributed by atoms with van der Waals surface area (Å²) in [4.78, 5) is 26.0. The number of benzene rings is 2. The number of carbonyl (C=O) groups excluding carboxylic acids is 2. The molecule has 5 rings (SSSR count). The van der Waals surface area contributed by atoms with E-state index in [-0.39, 0.29) is 35.5 Å². The number of hydrogen-bond donors (Lipinski definition) is 2. The first-order chi connectivity index (χ1) is 12.7. The van der Waals surface area contributed by atoms with Crippen LogP contribution in [0.25, 0.3) is 0 Å². The molecule has 132 valence electrons. The topological polar surface area (TPSA) is 58.2 Å². The van der Waals surface area contributed by atoms with Gasteiger partial charge in [-0.05, 0) is 48.9 Å². The van der Waals surface area contributed by atoms with E-state index in [4.69, 9.17) is 0 Å². The minimum Gasteiger partial charge on any atom is -0.326 e. The van der Waals surface area contributed by atoms with Crippen LogP contribution in [0.4, 0.5) is 11.4 Å². The third-order valence-corrected chi connectivity index (χ3v) is 5.44. The first-order valence-electron chi connectivity index (χ1n) is 9.12. The molecule has 2 aromatic rings. The average Bonchev–Trinajstić information content (AvgIpc) is 2.69. The molecule has 26 heavy (non-hydrogen) atoms. The molecule has 0 aliphatic heterocycles. The van der Waals surface area contributed by atoms with E-state index in [0.717, 1.165) is 24.2 Å². The van der Waals surface area contributed by atoms with Crippen molar-refractivity contribution in [2.24, 2.45) is 23.7 Å². The Labute approximate surface area is 153 Å². The number of carbonyl (C=O) groups is 2. The number of nitrogens with one attached hydrogen (secondary N) is 2. The number of allylic oxidation sites excluding steroid dienone is 2. The molecule has 0 radical (unpaired) electrons. The normalized spacial score (nSPS) is 26.3. The Balaban J connectivity index is 1.56. The molecule has 0 saturated heterocycles. The summed E-state index contributed by atoms with van der Waals surface area (Å²) in [5.74, 6) is -0.553. The van der Waals surface area contributed by atoms with Gasteiger partial charge in [-0.1, -0.05) is 48.6 Å². The van der Waals surface area contributed by atoms with Gasteiger partial charge >= 0.3 is 0 Å². The van der Waals surface area contributed by atoms with Crippen molar-refractivity contribution in [2.45, 2.75) is 12.8 Å². The third-order valence-electron chi connectivity index (χ3n) is 5.44. The summed E-state index contributed by atoms with van der Waals surface area (Å²) in [6.07, 6.45) is 6.16. The van der Waals surface area contributed by atoms with Crippen molar-refractivity contribution in [1.82, 2.24) is 0 Å². The molecule has 2 amide bonds. The van der Waals surface area contributed by atoms with Crippen LogP contribution in [0.5, 0.6) is 0 Å². The summed E-state index contributed by atoms with van der Waals surface area (Å²) in [6, 6.07) is 18.9. The van der Waals surface area contributed by atoms with E-state index < -0.39 is 0 Å². The zero-order chi connectivity index (χ0) is 17.9. The minimum absolute atomic E-state index is 0.0662. The Morgan fingerprint density at radius 1 is 0.654 bits per heavy atom. The molecule has 2 aromatic carbocycles. The zero-order valence-electron chi connectivity index (χ0n) is 14.5. The maximum Gasteiger partial charge on any atom is 0.228 e. The first kappa shape index (κ1) is 16.6. The molecule has 2 bridgehead atoms. The maximum atomic E-state index is 13.0. The third kappa shape index (κ3) is 3.27. The Morgan fingerprint density at radius 3 is 1.38 bits per heavy atom. The van der Waals surface area contributed by atoms with Crippen molar-refractivity contribution in [3.8, 4) is 0 Å². The van der Waals surface area contributed by atoms with Gasteiger partial charge in [-0.25, -0.2) is 0 Å². The molecule has 1 saturated carbocycles. The Bertz CT molecular complexity index is 747. The molecule has 0 aromatic heterocycles. The van der Waals surface area contributed by atoms with Gasteiger partial charge in [-0.3, -0.25) is 9.59 Å². The van der Waals surface area contributed by atoms with Gasteiger partial charge < -0.3 is 10.6 Å². The highest BCUT2D eigenvalue weighted by Crippen LogP contribution is 2.45. The van der Waals surface area contributed by atoms with E-state index in [0.29, 0.717) is 0 Å². The summed E-state index contributed by atoms with van der Waals surface area (Å²) in [6.45, 7) is 0. The molecule has 0 heterocycles. The molecule has 0 unspecified atom stereocenters. The summed E-state index contributed by atoms with van der Waals surface area (Å²) >= 11 is 0. The Hall–Kier alpha value is -2.88. The highest BCUT2D eigenvalue weighted by molar-refractivity contribution is 6.00. The second-order valence-electron chi connectivity index (χ2n) is 7.05. The number of anilines is 2. The fraction of sp³-hybridized carbons (Fsp3) is 0.273. The molecule has 0 spiro atoms. The van der Waals surface area contributed by atoms with Crippen LogP contribution in [-0.4, -0.2) is 11.8 Å². The lowest BCUT2D eigenvalue weighted by Gasteiger charge is -2.43. The molecule has 3 aliphatic rings. The van der Waals surface area contributed by atoms with E-state index in [9.17, 15) is 9.59 Å². The van der Waals surface area contributed by atoms with Gasteiger partial charge in [0.25, 0.3) is 0 Å². The van der Waals surface area contributed by atoms with Gasteiger partial charge in [-0.2, -0.15) is 0 Å². The molecule has 3 aliphatic carbocycles. The van der Waals surface area contributed by atoms with Crippen molar-refractivity contribution < 1.29 is 9.59 Å². The summed E-state index contributed by atoms with van der Waals surface area (Å²) in [5.41, 5.74) is 1.54. The largest absolute Gasteiger partial charge is 0.326 e. The first-order valence-corrected chi connectivity index (χ1v) is 9.12. The van der Waals surface area contributed by atoms with Gasteiger partial charge in [-0.15, -0.1) is 0 Å². The van der Waals surface area contributed by atoms with Crippen LogP contribution in [0.2, 0.25) is 0 Å². The van der Waals surface area contributed by atoms with E-state index in [1.165, 1.54) is 0 Å². The molecule has 4 heteroatoms. The molecular weight excluding hydrogens is 324 g/mol. The summed E-state index contributed by atoms with van der Waals surface area (Å²) in [5, 5.41) is 5.98. The van der Waals surface area contributed by atoms with E-state index >= 15 is 0 Å². The summed E-state index contributed by atoms with van der Waals surface area (Å²) < 4.78 is 0. The van der Waals surface area contributed by atoms with Gasteiger partial charge in [0, 0.05) is 11.4 Å². The van der Waals surface area contributed by atoms with Crippen molar-refractivity contribution in [3.63, 3.8) is 0 Å². The highest BCUT2D eigenvalue weighted by atomic mass is 16.2. The number of fused-ring (bicyclic) bond motifs is 2. The van der Waals surface area contributed by atoms with Crippen LogP contribution in [0.1, 0.15) is 12.8 Å². The maximum absolute atomic E-state index is 13.0. The van der Waals surface area contributed by atoms with Crippen molar-refractivity contribution in [2.75, 3.05) is 10.6 Å². The average molecular weight is 346 g/mol. The van der Waals surface area contributed by atoms with Gasteiger partial charge in [0.2, 0.25) is 11.8 Å². The summed E-state index contributed by atoms with van der Waals surface area (Å²) in [7, 11) is 0. The Kier molecular flexibility index (Phi) is 4.57. The monoisotopic (exact) mass is 346 g/mol. The molecule has 2 N–H and O–H groups in total. The number of hydrogen-bond acceptors (Lipinski definition) is 2. The number of para-hydroxylation sites is 2. The second kappa shape index (κ2) is 7.16. The van der Waals surface area contributed by atoms with E-state index in [1.807, 2.05) is 60.7 Å². The predicted molar refractivity (Wildman–Crippen MR) is 102 cm³/mol. The van der Waals surface area contributed by atoms with Crippen LogP contribution < -0.4 is 10.6 Å². The van der Waals surface area contributed by atoms with Crippen LogP contribution in [0, 0.1) is 23.7 Å². The van der Waals surface area contributed by atoms with Crippen LogP contribution in [0.15, 0.2) is 72.8 Å². The SMILES string of the molecule is O=C(Nc1ccccc1)[C@@H]1[C@H](C(=O)Nc2ccccc2)[C@@H]2C=C[C@H]1CC2. The fourth-order valence-electron chi connectivity index (χ4n) is 4.20. The molecule has 4 atom stereocenters. The Morgan fingerprint density at radius 2 is 1.04 bits per heavy atom. The lowest BCUT2D eigenvalue weighted by molar-refractivity contribution is -0.134. The van der Waals surface area contributed by atoms with Gasteiger partial charge in [0.05, 0.1) is 11.8 Å². The number of amides is 2. The lowest BCUT2D eigenvalue weighted by Crippen LogP contribution is -2.48. The van der Waals surface area contributed by atoms with Crippen molar-refractivity contribution in [1.29, 1.82) is 0 Å². The molecular formula is C22H22N2O2. The highest BCUT2D eigenvalue weighted by Gasteiger charge is 2.48. The molecule has 1 fully saturated rings. The predicted octanol–water partition coefficient (Wildman–Crippen LogP) is 4.09. The second-order valence-corrected chi connectivity index (χ2v) is 7.05. The van der Waals surface area contributed by atoms with Crippen LogP contribution in [-0.2, 0) is 9.59 Å². The van der Waals surface area contributed by atoms with Crippen LogP contribution >= 0.6 is 0 Å². The van der Waals surface area contributed by atoms with Gasteiger partial charge in [0.15, 0.2) is 0 Å². The van der Waals surface area contributed by atoms with Crippen molar-refractivity contribution in [3.05, 3.63) is 72.8 Å². The zero-order valence-corrected chi connectivity index (χ0v) is 14.5. The van der Waals surface area contributed by atoms with E-state index in [1.54, 1.807) is 0 Å². The van der Waals surface area contributed by atoms with Crippen molar-refractivity contribution >= 4 is 23.2 Å². The van der Waals surface area contributed by atoms with E-state index in [2.05, 4.69) is 22.8 Å². The smallest absolute Gasteiger partial charge is 0.228 e. The molecule has 4 nitrogen and oxygen atoms in total. The lowest BCUT2D eigenvalue weighted by atomic mass is 9.61. The van der Waals surface area contributed by atoms with Crippen LogP contribution in [0.3, 0.4) is 0 Å². The quantitative estimate of drug-likeness (QED) is 0.819. The van der Waals surface area contributed by atoms with Gasteiger partial charge in [0.1, 0.15) is 0 Å².